The van der Waals surface area contributed by atoms with Crippen LogP contribution in [-0.2, 0) is 6.42 Å². The molecule has 1 aliphatic rings. The van der Waals surface area contributed by atoms with Gasteiger partial charge in [-0.15, -0.1) is 0 Å². The highest BCUT2D eigenvalue weighted by molar-refractivity contribution is 5.49. The summed E-state index contributed by atoms with van der Waals surface area (Å²) in [6.45, 7) is 0.942. The van der Waals surface area contributed by atoms with Gasteiger partial charge in [0.05, 0.1) is 12.6 Å². The number of ether oxygens (including phenoxy) is 1. The first-order valence-corrected chi connectivity index (χ1v) is 7.05. The summed E-state index contributed by atoms with van der Waals surface area (Å²) in [6.07, 6.45) is 1.68. The number of aliphatic hydroxyl groups excluding tert-OH is 1. The number of anilines is 1. The number of hydrogen-bond donors (Lipinski definition) is 2. The van der Waals surface area contributed by atoms with E-state index in [1.54, 1.807) is 0 Å². The molecule has 0 saturated carbocycles. The monoisotopic (exact) mass is 269 g/mol. The molecule has 0 spiro atoms. The zero-order valence-corrected chi connectivity index (χ0v) is 11.4. The maximum absolute atomic E-state index is 8.93. The third kappa shape index (κ3) is 2.78. The molecule has 2 aromatic carbocycles. The quantitative estimate of drug-likeness (QED) is 0.896. The Bertz CT molecular complexity index is 565. The Kier molecular flexibility index (Phi) is 3.88. The molecule has 1 aliphatic heterocycles. The Morgan fingerprint density at radius 1 is 1.10 bits per heavy atom. The van der Waals surface area contributed by atoms with Gasteiger partial charge in [-0.3, -0.25) is 0 Å². The summed E-state index contributed by atoms with van der Waals surface area (Å²) >= 11 is 0. The van der Waals surface area contributed by atoms with Crippen LogP contribution in [0.3, 0.4) is 0 Å². The molecule has 2 aromatic rings. The molecule has 1 heterocycles. The first kappa shape index (κ1) is 13.0. The molecule has 3 nitrogen and oxygen atoms in total. The highest BCUT2D eigenvalue weighted by atomic mass is 16.5. The Hall–Kier alpha value is -2.00. The van der Waals surface area contributed by atoms with Gasteiger partial charge in [-0.05, 0) is 30.2 Å². The van der Waals surface area contributed by atoms with E-state index in [1.807, 2.05) is 18.2 Å². The fourth-order valence-corrected chi connectivity index (χ4v) is 2.59. The lowest BCUT2D eigenvalue weighted by Gasteiger charge is -2.27. The van der Waals surface area contributed by atoms with Crippen molar-refractivity contribution in [1.82, 2.24) is 0 Å². The Morgan fingerprint density at radius 2 is 1.90 bits per heavy atom. The van der Waals surface area contributed by atoms with E-state index in [1.165, 1.54) is 5.56 Å². The number of benzene rings is 2. The Balaban J connectivity index is 1.75. The summed E-state index contributed by atoms with van der Waals surface area (Å²) in [4.78, 5) is 0. The lowest BCUT2D eigenvalue weighted by atomic mass is 10.00. The topological polar surface area (TPSA) is 41.5 Å². The van der Waals surface area contributed by atoms with Crippen molar-refractivity contribution < 1.29 is 9.84 Å². The average molecular weight is 269 g/mol. The molecule has 0 aliphatic carbocycles. The molecule has 0 saturated heterocycles. The molecule has 0 radical (unpaired) electrons. The predicted octanol–water partition coefficient (Wildman–Crippen LogP) is 3.16. The van der Waals surface area contributed by atoms with Crippen LogP contribution in [0.4, 0.5) is 5.69 Å². The summed E-state index contributed by atoms with van der Waals surface area (Å²) in [5, 5.41) is 12.5. The van der Waals surface area contributed by atoms with Gasteiger partial charge in [0.1, 0.15) is 5.75 Å². The van der Waals surface area contributed by atoms with Gasteiger partial charge >= 0.3 is 0 Å². The first-order chi connectivity index (χ1) is 9.86. The molecule has 1 atom stereocenters. The van der Waals surface area contributed by atoms with E-state index in [-0.39, 0.29) is 6.61 Å². The lowest BCUT2D eigenvalue weighted by molar-refractivity contribution is 0.274. The summed E-state index contributed by atoms with van der Waals surface area (Å²) in [6, 6.07) is 16.8. The number of hydrogen-bond acceptors (Lipinski definition) is 3. The summed E-state index contributed by atoms with van der Waals surface area (Å²) in [5.74, 6) is 0.980. The maximum Gasteiger partial charge on any atom is 0.124 e. The molecule has 20 heavy (non-hydrogen) atoms. The second-order valence-corrected chi connectivity index (χ2v) is 5.04. The molecule has 3 rings (SSSR count). The van der Waals surface area contributed by atoms with Crippen molar-refractivity contribution in [3.63, 3.8) is 0 Å². The van der Waals surface area contributed by atoms with E-state index in [4.69, 9.17) is 9.84 Å². The van der Waals surface area contributed by atoms with Crippen LogP contribution in [0.1, 0.15) is 23.6 Å². The fraction of sp³-hybridized carbons (Fsp3) is 0.294. The molecule has 2 N–H and O–H groups in total. The zero-order valence-electron chi connectivity index (χ0n) is 11.4. The van der Waals surface area contributed by atoms with Gasteiger partial charge in [0.15, 0.2) is 0 Å². The van der Waals surface area contributed by atoms with E-state index < -0.39 is 0 Å². The van der Waals surface area contributed by atoms with E-state index >= 15 is 0 Å². The van der Waals surface area contributed by atoms with E-state index in [9.17, 15) is 0 Å². The highest BCUT2D eigenvalue weighted by Gasteiger charge is 2.20. The minimum atomic E-state index is 0.195. The van der Waals surface area contributed by atoms with E-state index in [0.717, 1.165) is 30.0 Å². The van der Waals surface area contributed by atoms with Gasteiger partial charge in [0.25, 0.3) is 0 Å². The van der Waals surface area contributed by atoms with Crippen LogP contribution < -0.4 is 10.1 Å². The van der Waals surface area contributed by atoms with Crippen LogP contribution in [-0.4, -0.2) is 18.3 Å². The normalized spacial score (nSPS) is 17.1. The van der Waals surface area contributed by atoms with E-state index in [2.05, 4.69) is 35.6 Å². The second kappa shape index (κ2) is 5.97. The molecule has 1 unspecified atom stereocenters. The van der Waals surface area contributed by atoms with Crippen molar-refractivity contribution in [2.75, 3.05) is 18.5 Å². The number of para-hydroxylation sites is 1. The Labute approximate surface area is 119 Å². The lowest BCUT2D eigenvalue weighted by Crippen LogP contribution is -2.20. The molecule has 0 amide bonds. The third-order valence-corrected chi connectivity index (χ3v) is 3.65. The molecule has 0 bridgehead atoms. The molecular weight excluding hydrogens is 250 g/mol. The fourth-order valence-electron chi connectivity index (χ4n) is 2.59. The first-order valence-electron chi connectivity index (χ1n) is 7.05. The van der Waals surface area contributed by atoms with Gasteiger partial charge in [0.2, 0.25) is 0 Å². The molecule has 0 fully saturated rings. The highest BCUT2D eigenvalue weighted by Crippen LogP contribution is 2.33. The summed E-state index contributed by atoms with van der Waals surface area (Å²) in [5.41, 5.74) is 3.48. The van der Waals surface area contributed by atoms with Crippen LogP contribution in [0.2, 0.25) is 0 Å². The summed E-state index contributed by atoms with van der Waals surface area (Å²) in [7, 11) is 0. The smallest absolute Gasteiger partial charge is 0.124 e. The van der Waals surface area contributed by atoms with Crippen LogP contribution in [0.25, 0.3) is 0 Å². The van der Waals surface area contributed by atoms with Crippen LogP contribution in [0.5, 0.6) is 5.75 Å². The number of nitrogens with one attached hydrogen (secondary N) is 1. The second-order valence-electron chi connectivity index (χ2n) is 5.04. The van der Waals surface area contributed by atoms with Crippen molar-refractivity contribution in [3.05, 3.63) is 59.7 Å². The standard InChI is InChI=1S/C17H19NO2/c19-11-9-13-5-7-14(8-6-13)18-16-10-12-20-17-4-2-1-3-15(16)17/h1-8,16,18-19H,9-12H2. The van der Waals surface area contributed by atoms with Gasteiger partial charge in [-0.25, -0.2) is 0 Å². The van der Waals surface area contributed by atoms with Gasteiger partial charge in [-0.1, -0.05) is 30.3 Å². The van der Waals surface area contributed by atoms with Gasteiger partial charge in [-0.2, -0.15) is 0 Å². The largest absolute Gasteiger partial charge is 0.493 e. The molecule has 104 valence electrons. The minimum absolute atomic E-state index is 0.195. The average Bonchev–Trinajstić information content (AvgIpc) is 2.50. The van der Waals surface area contributed by atoms with Crippen LogP contribution in [0, 0.1) is 0 Å². The zero-order chi connectivity index (χ0) is 13.8. The Morgan fingerprint density at radius 3 is 2.70 bits per heavy atom. The van der Waals surface area contributed by atoms with Gasteiger partial charge < -0.3 is 15.2 Å². The molecule has 3 heteroatoms. The summed E-state index contributed by atoms with van der Waals surface area (Å²) < 4.78 is 5.67. The predicted molar refractivity (Wildman–Crippen MR) is 80.1 cm³/mol. The number of rotatable bonds is 4. The van der Waals surface area contributed by atoms with Crippen molar-refractivity contribution in [1.29, 1.82) is 0 Å². The molecular formula is C17H19NO2. The molecule has 0 aromatic heterocycles. The van der Waals surface area contributed by atoms with Crippen LogP contribution >= 0.6 is 0 Å². The number of fused-ring (bicyclic) bond motifs is 1. The van der Waals surface area contributed by atoms with Crippen molar-refractivity contribution in [2.24, 2.45) is 0 Å². The van der Waals surface area contributed by atoms with Crippen LogP contribution in [0.15, 0.2) is 48.5 Å². The maximum atomic E-state index is 8.93. The van der Waals surface area contributed by atoms with Gasteiger partial charge in [0, 0.05) is 24.3 Å². The SMILES string of the molecule is OCCc1ccc(NC2CCOc3ccccc32)cc1. The third-order valence-electron chi connectivity index (χ3n) is 3.65. The van der Waals surface area contributed by atoms with Crippen molar-refractivity contribution >= 4 is 5.69 Å². The van der Waals surface area contributed by atoms with Crippen molar-refractivity contribution in [3.8, 4) is 5.75 Å². The number of aliphatic hydroxyl groups is 1. The van der Waals surface area contributed by atoms with E-state index in [0.29, 0.717) is 12.5 Å². The minimum Gasteiger partial charge on any atom is -0.493 e. The van der Waals surface area contributed by atoms with Crippen molar-refractivity contribution in [2.45, 2.75) is 18.9 Å².